The van der Waals surface area contributed by atoms with Crippen LogP contribution < -0.4 is 0 Å². The fraction of sp³-hybridized carbons (Fsp3) is 0.500. The van der Waals surface area contributed by atoms with Gasteiger partial charge < -0.3 is 4.90 Å². The van der Waals surface area contributed by atoms with Crippen LogP contribution in [0.15, 0.2) is 30.5 Å². The number of carbonyl (C=O) groups is 2. The van der Waals surface area contributed by atoms with Gasteiger partial charge in [-0.1, -0.05) is 11.6 Å². The van der Waals surface area contributed by atoms with Crippen LogP contribution in [-0.2, 0) is 12.7 Å². The molecule has 1 spiro atoms. The van der Waals surface area contributed by atoms with E-state index in [1.54, 1.807) is 11.0 Å². The molecule has 0 bridgehead atoms. The summed E-state index contributed by atoms with van der Waals surface area (Å²) < 4.78 is 40.7. The molecule has 2 aromatic rings. The molecule has 172 valence electrons. The van der Waals surface area contributed by atoms with Gasteiger partial charge in [0.15, 0.2) is 5.78 Å². The number of hydrogen-bond donors (Lipinski definition) is 0. The SMILES string of the molecule is CC(=O)c1ccn(C(=O)N2CCC3(CCCN3Cc3cc(Cl)cc(C(F)(F)F)c3)CC2)n1. The lowest BCUT2D eigenvalue weighted by Gasteiger charge is -2.45. The number of nitrogens with zero attached hydrogens (tertiary/aromatic N) is 4. The molecule has 1 aromatic carbocycles. The van der Waals surface area contributed by atoms with Gasteiger partial charge in [0.05, 0.1) is 5.56 Å². The van der Waals surface area contributed by atoms with Crippen LogP contribution in [0.1, 0.15) is 54.2 Å². The monoisotopic (exact) mass is 468 g/mol. The predicted octanol–water partition coefficient (Wildman–Crippen LogP) is 4.86. The highest BCUT2D eigenvalue weighted by Gasteiger charge is 2.44. The van der Waals surface area contributed by atoms with Crippen molar-refractivity contribution in [2.75, 3.05) is 19.6 Å². The first-order chi connectivity index (χ1) is 15.1. The Hall–Kier alpha value is -2.39. The van der Waals surface area contributed by atoms with Crippen molar-refractivity contribution in [3.63, 3.8) is 0 Å². The summed E-state index contributed by atoms with van der Waals surface area (Å²) in [6.07, 6.45) is 0.407. The molecule has 3 heterocycles. The van der Waals surface area contributed by atoms with Gasteiger partial charge in [-0.2, -0.15) is 23.0 Å². The molecule has 10 heteroatoms. The van der Waals surface area contributed by atoms with Crippen LogP contribution >= 0.6 is 11.6 Å². The van der Waals surface area contributed by atoms with Crippen molar-refractivity contribution in [1.82, 2.24) is 19.6 Å². The maximum absolute atomic E-state index is 13.2. The van der Waals surface area contributed by atoms with Gasteiger partial charge in [0.1, 0.15) is 5.69 Å². The van der Waals surface area contributed by atoms with Gasteiger partial charge in [0, 0.05) is 43.3 Å². The Morgan fingerprint density at radius 1 is 1.12 bits per heavy atom. The molecule has 2 saturated heterocycles. The first-order valence-electron chi connectivity index (χ1n) is 10.5. The van der Waals surface area contributed by atoms with Crippen molar-refractivity contribution in [3.8, 4) is 0 Å². The molecule has 0 aliphatic carbocycles. The number of piperidine rings is 1. The first-order valence-corrected chi connectivity index (χ1v) is 10.9. The molecule has 0 unspecified atom stereocenters. The second kappa shape index (κ2) is 8.51. The highest BCUT2D eigenvalue weighted by Crippen LogP contribution is 2.40. The van der Waals surface area contributed by atoms with E-state index in [9.17, 15) is 22.8 Å². The van der Waals surface area contributed by atoms with Crippen LogP contribution in [0.5, 0.6) is 0 Å². The molecule has 2 aliphatic heterocycles. The normalized spacial score (nSPS) is 19.0. The second-order valence-corrected chi connectivity index (χ2v) is 9.00. The Morgan fingerprint density at radius 2 is 1.84 bits per heavy atom. The van der Waals surface area contributed by atoms with Gasteiger partial charge in [-0.3, -0.25) is 9.69 Å². The summed E-state index contributed by atoms with van der Waals surface area (Å²) in [5.74, 6) is -0.203. The summed E-state index contributed by atoms with van der Waals surface area (Å²) in [6.45, 7) is 3.62. The molecule has 0 atom stereocenters. The van der Waals surface area contributed by atoms with Gasteiger partial charge in [-0.25, -0.2) is 4.79 Å². The summed E-state index contributed by atoms with van der Waals surface area (Å²) in [5.41, 5.74) is -0.101. The van der Waals surface area contributed by atoms with Gasteiger partial charge in [-0.15, -0.1) is 0 Å². The van der Waals surface area contributed by atoms with Gasteiger partial charge >= 0.3 is 12.2 Å². The van der Waals surface area contributed by atoms with Gasteiger partial charge in [0.25, 0.3) is 0 Å². The molecule has 0 saturated carbocycles. The van der Waals surface area contributed by atoms with E-state index in [1.165, 1.54) is 29.9 Å². The summed E-state index contributed by atoms with van der Waals surface area (Å²) >= 11 is 5.96. The van der Waals surface area contributed by atoms with Crippen LogP contribution in [0.25, 0.3) is 0 Å². The maximum Gasteiger partial charge on any atom is 0.416 e. The van der Waals surface area contributed by atoms with E-state index in [-0.39, 0.29) is 28.1 Å². The third-order valence-electron chi connectivity index (χ3n) is 6.51. The fourth-order valence-electron chi connectivity index (χ4n) is 4.81. The van der Waals surface area contributed by atoms with E-state index in [1.807, 2.05) is 0 Å². The highest BCUT2D eigenvalue weighted by atomic mass is 35.5. The molecule has 1 amide bonds. The predicted molar refractivity (Wildman–Crippen MR) is 113 cm³/mol. The summed E-state index contributed by atoms with van der Waals surface area (Å²) in [7, 11) is 0. The Bertz CT molecular complexity index is 1030. The molecule has 4 rings (SSSR count). The number of hydrogen-bond acceptors (Lipinski definition) is 4. The number of carbonyl (C=O) groups excluding carboxylic acids is 2. The van der Waals surface area contributed by atoms with E-state index in [0.717, 1.165) is 38.3 Å². The van der Waals surface area contributed by atoms with Crippen molar-refractivity contribution < 1.29 is 22.8 Å². The Labute approximate surface area is 188 Å². The van der Waals surface area contributed by atoms with E-state index in [4.69, 9.17) is 11.6 Å². The van der Waals surface area contributed by atoms with Crippen molar-refractivity contribution >= 4 is 23.4 Å². The number of alkyl halides is 3. The molecular formula is C22H24ClF3N4O2. The van der Waals surface area contributed by atoms with Crippen molar-refractivity contribution in [2.45, 2.75) is 50.9 Å². The molecule has 32 heavy (non-hydrogen) atoms. The van der Waals surface area contributed by atoms with E-state index < -0.39 is 11.7 Å². The molecule has 2 aliphatic rings. The first kappa shape index (κ1) is 22.8. The maximum atomic E-state index is 13.2. The minimum absolute atomic E-state index is 0.0765. The largest absolute Gasteiger partial charge is 0.416 e. The van der Waals surface area contributed by atoms with E-state index in [0.29, 0.717) is 25.2 Å². The van der Waals surface area contributed by atoms with Gasteiger partial charge in [-0.05, 0) is 62.1 Å². The zero-order chi connectivity index (χ0) is 23.1. The summed E-state index contributed by atoms with van der Waals surface area (Å²) in [6, 6.07) is 4.94. The molecule has 0 N–H and O–H groups in total. The number of Topliss-reactive ketones (excluding diaryl/α,β-unsaturated/α-hetero) is 1. The van der Waals surface area contributed by atoms with Crippen LogP contribution in [-0.4, -0.2) is 56.6 Å². The van der Waals surface area contributed by atoms with Crippen molar-refractivity contribution in [2.24, 2.45) is 0 Å². The molecular weight excluding hydrogens is 445 g/mol. The highest BCUT2D eigenvalue weighted by molar-refractivity contribution is 6.30. The van der Waals surface area contributed by atoms with Gasteiger partial charge in [0.2, 0.25) is 0 Å². The minimum atomic E-state index is -4.44. The third-order valence-corrected chi connectivity index (χ3v) is 6.73. The molecule has 6 nitrogen and oxygen atoms in total. The zero-order valence-electron chi connectivity index (χ0n) is 17.7. The summed E-state index contributed by atoms with van der Waals surface area (Å²) in [5, 5.41) is 4.12. The number of likely N-dealkylation sites (tertiary alicyclic amines) is 2. The average Bonchev–Trinajstić information content (AvgIpc) is 3.36. The Kier molecular flexibility index (Phi) is 6.06. The van der Waals surface area contributed by atoms with Crippen molar-refractivity contribution in [3.05, 3.63) is 52.3 Å². The van der Waals surface area contributed by atoms with Crippen molar-refractivity contribution in [1.29, 1.82) is 0 Å². The van der Waals surface area contributed by atoms with E-state index in [2.05, 4.69) is 10.00 Å². The molecule has 0 radical (unpaired) electrons. The molecule has 2 fully saturated rings. The third kappa shape index (κ3) is 4.54. The zero-order valence-corrected chi connectivity index (χ0v) is 18.4. The van der Waals surface area contributed by atoms with Crippen LogP contribution in [0, 0.1) is 0 Å². The number of ketones is 1. The Balaban J connectivity index is 1.44. The molecule has 1 aromatic heterocycles. The topological polar surface area (TPSA) is 58.4 Å². The average molecular weight is 469 g/mol. The Morgan fingerprint density at radius 3 is 2.47 bits per heavy atom. The van der Waals surface area contributed by atoms with Crippen LogP contribution in [0.3, 0.4) is 0 Å². The van der Waals surface area contributed by atoms with E-state index >= 15 is 0 Å². The number of halogens is 4. The quantitative estimate of drug-likeness (QED) is 0.604. The number of rotatable bonds is 3. The van der Waals surface area contributed by atoms with Crippen LogP contribution in [0.4, 0.5) is 18.0 Å². The lowest BCUT2D eigenvalue weighted by molar-refractivity contribution is -0.137. The standard InChI is InChI=1S/C22H24ClF3N4O2/c1-15(31)19-3-8-30(27-19)20(32)28-9-5-21(6-10-28)4-2-7-29(21)14-16-11-17(22(24,25)26)13-18(23)12-16/h3,8,11-13H,2,4-7,9-10,14H2,1H3. The lowest BCUT2D eigenvalue weighted by Crippen LogP contribution is -2.53. The smallest absolute Gasteiger partial charge is 0.323 e. The number of amides is 1. The minimum Gasteiger partial charge on any atom is -0.323 e. The number of benzene rings is 1. The fourth-order valence-corrected chi connectivity index (χ4v) is 5.07. The second-order valence-electron chi connectivity index (χ2n) is 8.57. The number of aromatic nitrogens is 2. The van der Waals surface area contributed by atoms with Crippen LogP contribution in [0.2, 0.25) is 5.02 Å². The lowest BCUT2D eigenvalue weighted by atomic mass is 9.84. The summed E-state index contributed by atoms with van der Waals surface area (Å²) in [4.78, 5) is 28.1.